The van der Waals surface area contributed by atoms with Crippen LogP contribution in [0.2, 0.25) is 10.0 Å². The largest absolute Gasteiger partial charge is 0.335 e. The van der Waals surface area contributed by atoms with Gasteiger partial charge in [-0.1, -0.05) is 23.2 Å². The third kappa shape index (κ3) is 2.29. The third-order valence-electron chi connectivity index (χ3n) is 2.57. The Hall–Kier alpha value is -1.66. The second-order valence-corrected chi connectivity index (χ2v) is 4.70. The number of halogens is 3. The minimum atomic E-state index is -2.45. The molecule has 1 unspecified atom stereocenters. The summed E-state index contributed by atoms with van der Waals surface area (Å²) in [5, 5.41) is 2.02. The van der Waals surface area contributed by atoms with Crippen molar-refractivity contribution in [1.29, 1.82) is 0 Å². The van der Waals surface area contributed by atoms with Gasteiger partial charge in [-0.25, -0.2) is 14.1 Å². The van der Waals surface area contributed by atoms with Gasteiger partial charge < -0.3 is 0 Å². The zero-order valence-electron chi connectivity index (χ0n) is 9.54. The molecule has 0 spiro atoms. The number of benzene rings is 1. The summed E-state index contributed by atoms with van der Waals surface area (Å²) in [4.78, 5) is 34.7. The molecule has 5 nitrogen and oxygen atoms in total. The minimum absolute atomic E-state index is 0.0481. The van der Waals surface area contributed by atoms with Crippen molar-refractivity contribution in [1.82, 2.24) is 5.32 Å². The van der Waals surface area contributed by atoms with Crippen LogP contribution in [0.3, 0.4) is 0 Å². The van der Waals surface area contributed by atoms with Gasteiger partial charge in [-0.05, 0) is 24.6 Å². The molecule has 0 aromatic heterocycles. The number of barbiturate groups is 1. The van der Waals surface area contributed by atoms with Gasteiger partial charge in [0.2, 0.25) is 0 Å². The molecule has 1 aromatic carbocycles. The SMILES string of the molecule is Cc1cc(Cl)c(N2C(=O)NC(=O)C(F)C2=O)cc1Cl. The molecular formula is C11H7Cl2FN2O3. The first kappa shape index (κ1) is 13.8. The Morgan fingerprint density at radius 3 is 2.47 bits per heavy atom. The minimum Gasteiger partial charge on any atom is -0.274 e. The van der Waals surface area contributed by atoms with E-state index in [2.05, 4.69) is 0 Å². The van der Waals surface area contributed by atoms with Crippen LogP contribution >= 0.6 is 23.2 Å². The Bertz CT molecular complexity index is 606. The second-order valence-electron chi connectivity index (χ2n) is 3.88. The summed E-state index contributed by atoms with van der Waals surface area (Å²) < 4.78 is 13.4. The molecule has 1 heterocycles. The fourth-order valence-electron chi connectivity index (χ4n) is 1.59. The maximum atomic E-state index is 13.4. The predicted molar refractivity (Wildman–Crippen MR) is 67.1 cm³/mol. The molecule has 1 N–H and O–H groups in total. The number of hydrogen-bond acceptors (Lipinski definition) is 3. The number of urea groups is 1. The van der Waals surface area contributed by atoms with E-state index in [-0.39, 0.29) is 15.7 Å². The number of hydrogen-bond donors (Lipinski definition) is 1. The lowest BCUT2D eigenvalue weighted by molar-refractivity contribution is -0.135. The van der Waals surface area contributed by atoms with Gasteiger partial charge >= 0.3 is 6.03 Å². The van der Waals surface area contributed by atoms with Crippen LogP contribution in [0.4, 0.5) is 14.9 Å². The van der Waals surface area contributed by atoms with Crippen LogP contribution in [-0.2, 0) is 9.59 Å². The van der Waals surface area contributed by atoms with E-state index >= 15 is 0 Å². The summed E-state index contributed by atoms with van der Waals surface area (Å²) in [6.07, 6.45) is -2.45. The first-order valence-electron chi connectivity index (χ1n) is 5.11. The van der Waals surface area contributed by atoms with Gasteiger partial charge in [0, 0.05) is 5.02 Å². The summed E-state index contributed by atoms with van der Waals surface area (Å²) in [5.41, 5.74) is 0.558. The Labute approximate surface area is 117 Å². The highest BCUT2D eigenvalue weighted by atomic mass is 35.5. The summed E-state index contributed by atoms with van der Waals surface area (Å²) in [6, 6.07) is 1.63. The smallest absolute Gasteiger partial charge is 0.274 e. The standard InChI is InChI=1S/C11H7Cl2FN2O3/c1-4-2-6(13)7(3-5(4)12)16-10(18)8(14)9(17)15-11(16)19/h2-3,8H,1H3,(H,15,17,19). The zero-order chi connectivity index (χ0) is 14.3. The van der Waals surface area contributed by atoms with Crippen molar-refractivity contribution < 1.29 is 18.8 Å². The van der Waals surface area contributed by atoms with Gasteiger partial charge in [-0.2, -0.15) is 0 Å². The average Bonchev–Trinajstić information content (AvgIpc) is 2.33. The van der Waals surface area contributed by atoms with Gasteiger partial charge in [0.05, 0.1) is 10.7 Å². The Balaban J connectivity index is 2.52. The number of anilines is 1. The van der Waals surface area contributed by atoms with Gasteiger partial charge in [-0.15, -0.1) is 0 Å². The molecule has 0 aliphatic carbocycles. The van der Waals surface area contributed by atoms with Crippen molar-refractivity contribution in [3.8, 4) is 0 Å². The summed E-state index contributed by atoms with van der Waals surface area (Å²) in [7, 11) is 0. The molecular weight excluding hydrogens is 298 g/mol. The fraction of sp³-hybridized carbons (Fsp3) is 0.182. The van der Waals surface area contributed by atoms with Gasteiger partial charge in [0.1, 0.15) is 0 Å². The third-order valence-corrected chi connectivity index (χ3v) is 3.28. The van der Waals surface area contributed by atoms with E-state index < -0.39 is 24.0 Å². The summed E-state index contributed by atoms with van der Waals surface area (Å²) in [5.74, 6) is -2.59. The lowest BCUT2D eigenvalue weighted by Crippen LogP contribution is -2.59. The lowest BCUT2D eigenvalue weighted by atomic mass is 10.2. The number of aryl methyl sites for hydroxylation is 1. The van der Waals surface area contributed by atoms with Crippen LogP contribution in [0.1, 0.15) is 5.56 Å². The summed E-state index contributed by atoms with van der Waals surface area (Å²) >= 11 is 11.8. The number of carbonyl (C=O) groups is 3. The Morgan fingerprint density at radius 2 is 1.84 bits per heavy atom. The number of alkyl halides is 1. The van der Waals surface area contributed by atoms with Gasteiger partial charge in [0.15, 0.2) is 0 Å². The number of amides is 4. The van der Waals surface area contributed by atoms with Crippen molar-refractivity contribution in [2.24, 2.45) is 0 Å². The molecule has 1 aliphatic heterocycles. The normalized spacial score (nSPS) is 19.7. The first-order chi connectivity index (χ1) is 8.82. The van der Waals surface area contributed by atoms with Crippen molar-refractivity contribution in [3.63, 3.8) is 0 Å². The van der Waals surface area contributed by atoms with Crippen LogP contribution in [-0.4, -0.2) is 24.0 Å². The Kier molecular flexibility index (Phi) is 3.47. The lowest BCUT2D eigenvalue weighted by Gasteiger charge is -2.27. The highest BCUT2D eigenvalue weighted by Crippen LogP contribution is 2.33. The highest BCUT2D eigenvalue weighted by Gasteiger charge is 2.42. The molecule has 1 aliphatic rings. The molecule has 8 heteroatoms. The quantitative estimate of drug-likeness (QED) is 0.809. The van der Waals surface area contributed by atoms with Crippen molar-refractivity contribution in [3.05, 3.63) is 27.7 Å². The molecule has 100 valence electrons. The number of rotatable bonds is 1. The van der Waals surface area contributed by atoms with E-state index in [1.807, 2.05) is 0 Å². The molecule has 19 heavy (non-hydrogen) atoms. The van der Waals surface area contributed by atoms with E-state index in [0.717, 1.165) is 0 Å². The maximum absolute atomic E-state index is 13.4. The molecule has 4 amide bonds. The predicted octanol–water partition coefficient (Wildman–Crippen LogP) is 2.22. The van der Waals surface area contributed by atoms with Gasteiger partial charge in [-0.3, -0.25) is 14.9 Å². The van der Waals surface area contributed by atoms with E-state index in [9.17, 15) is 18.8 Å². The van der Waals surface area contributed by atoms with Crippen LogP contribution in [0, 0.1) is 6.92 Å². The number of imide groups is 2. The van der Waals surface area contributed by atoms with E-state index in [0.29, 0.717) is 10.5 Å². The molecule has 0 bridgehead atoms. The molecule has 1 saturated heterocycles. The molecule has 0 saturated carbocycles. The molecule has 1 aromatic rings. The summed E-state index contributed by atoms with van der Waals surface area (Å²) in [6.45, 7) is 1.68. The van der Waals surface area contributed by atoms with E-state index in [1.165, 1.54) is 12.1 Å². The number of nitrogens with one attached hydrogen (secondary N) is 1. The monoisotopic (exact) mass is 304 g/mol. The van der Waals surface area contributed by atoms with Crippen molar-refractivity contribution in [2.75, 3.05) is 4.90 Å². The molecule has 0 radical (unpaired) electrons. The van der Waals surface area contributed by atoms with E-state index in [1.54, 1.807) is 12.2 Å². The van der Waals surface area contributed by atoms with Crippen LogP contribution in [0.25, 0.3) is 0 Å². The fourth-order valence-corrected chi connectivity index (χ4v) is 2.05. The average molecular weight is 305 g/mol. The van der Waals surface area contributed by atoms with Crippen LogP contribution < -0.4 is 10.2 Å². The zero-order valence-corrected chi connectivity index (χ0v) is 11.0. The van der Waals surface area contributed by atoms with Crippen LogP contribution in [0.5, 0.6) is 0 Å². The maximum Gasteiger partial charge on any atom is 0.335 e. The first-order valence-corrected chi connectivity index (χ1v) is 5.87. The molecule has 1 fully saturated rings. The second kappa shape index (κ2) is 4.79. The Morgan fingerprint density at radius 1 is 1.21 bits per heavy atom. The highest BCUT2D eigenvalue weighted by molar-refractivity contribution is 6.39. The molecule has 1 atom stereocenters. The topological polar surface area (TPSA) is 66.5 Å². The number of carbonyl (C=O) groups excluding carboxylic acids is 3. The number of nitrogens with zero attached hydrogens (tertiary/aromatic N) is 1. The van der Waals surface area contributed by atoms with E-state index in [4.69, 9.17) is 23.2 Å². The van der Waals surface area contributed by atoms with Crippen LogP contribution in [0.15, 0.2) is 12.1 Å². The van der Waals surface area contributed by atoms with Gasteiger partial charge in [0.25, 0.3) is 18.0 Å². The van der Waals surface area contributed by atoms with Crippen molar-refractivity contribution in [2.45, 2.75) is 13.1 Å². The van der Waals surface area contributed by atoms with Crippen molar-refractivity contribution >= 4 is 46.7 Å². The molecule has 2 rings (SSSR count).